The van der Waals surface area contributed by atoms with Crippen LogP contribution in [-0.4, -0.2) is 5.54 Å². The molecule has 1 unspecified atom stereocenters. The van der Waals surface area contributed by atoms with E-state index in [1.54, 1.807) is 0 Å². The molecule has 1 atom stereocenters. The molecule has 0 aromatic rings. The maximum atomic E-state index is 7.16. The molecule has 2 aliphatic carbocycles. The van der Waals surface area contributed by atoms with Crippen LogP contribution in [0.3, 0.4) is 0 Å². The summed E-state index contributed by atoms with van der Waals surface area (Å²) in [5.74, 6) is 1.65. The maximum absolute atomic E-state index is 7.16. The van der Waals surface area contributed by atoms with Crippen LogP contribution in [0.25, 0.3) is 0 Å². The first kappa shape index (κ1) is 21.0. The smallest absolute Gasteiger partial charge is 0.0211 e. The minimum Gasteiger partial charge on any atom is -0.325 e. The number of rotatable bonds is 6. The van der Waals surface area contributed by atoms with Crippen LogP contribution in [0.5, 0.6) is 0 Å². The Hall–Kier alpha value is -0.0400. The van der Waals surface area contributed by atoms with Crippen molar-refractivity contribution in [3.8, 4) is 0 Å². The number of hydrogen-bond acceptors (Lipinski definition) is 1. The molecular weight excluding hydrogens is 278 g/mol. The van der Waals surface area contributed by atoms with E-state index >= 15 is 0 Å². The van der Waals surface area contributed by atoms with Crippen molar-refractivity contribution in [3.05, 3.63) is 0 Å². The molecule has 0 amide bonds. The van der Waals surface area contributed by atoms with Crippen molar-refractivity contribution in [1.29, 1.82) is 0 Å². The van der Waals surface area contributed by atoms with Crippen LogP contribution in [0, 0.1) is 11.8 Å². The van der Waals surface area contributed by atoms with E-state index in [9.17, 15) is 0 Å². The van der Waals surface area contributed by atoms with E-state index in [1.165, 1.54) is 103 Å². The topological polar surface area (TPSA) is 26.0 Å². The summed E-state index contributed by atoms with van der Waals surface area (Å²) < 4.78 is 0. The van der Waals surface area contributed by atoms with Gasteiger partial charge in [0.1, 0.15) is 0 Å². The lowest BCUT2D eigenvalue weighted by atomic mass is 9.64. The lowest BCUT2D eigenvalue weighted by molar-refractivity contribution is 0.109. The van der Waals surface area contributed by atoms with Gasteiger partial charge in [0.25, 0.3) is 0 Å². The average Bonchev–Trinajstić information content (AvgIpc) is 2.86. The van der Waals surface area contributed by atoms with Crippen LogP contribution < -0.4 is 5.73 Å². The third-order valence-electron chi connectivity index (χ3n) is 6.19. The first-order valence-electron chi connectivity index (χ1n) is 11.0. The van der Waals surface area contributed by atoms with Crippen LogP contribution in [0.1, 0.15) is 124 Å². The molecule has 2 N–H and O–H groups in total. The largest absolute Gasteiger partial charge is 0.325 e. The van der Waals surface area contributed by atoms with Gasteiger partial charge in [0.15, 0.2) is 0 Å². The maximum Gasteiger partial charge on any atom is 0.0211 e. The first-order valence-corrected chi connectivity index (χ1v) is 11.0. The van der Waals surface area contributed by atoms with Crippen LogP contribution in [0.2, 0.25) is 0 Å². The van der Waals surface area contributed by atoms with E-state index in [4.69, 9.17) is 5.73 Å². The Balaban J connectivity index is 0.000000816. The van der Waals surface area contributed by atoms with Crippen molar-refractivity contribution in [2.24, 2.45) is 17.6 Å². The van der Waals surface area contributed by atoms with Gasteiger partial charge in [-0.15, -0.1) is 0 Å². The highest BCUT2D eigenvalue weighted by Gasteiger charge is 2.41. The molecule has 1 nitrogen and oxygen atoms in total. The van der Waals surface area contributed by atoms with Gasteiger partial charge in [-0.3, -0.25) is 0 Å². The van der Waals surface area contributed by atoms with E-state index in [2.05, 4.69) is 20.8 Å². The van der Waals surface area contributed by atoms with Crippen molar-refractivity contribution >= 4 is 0 Å². The van der Waals surface area contributed by atoms with Gasteiger partial charge in [-0.1, -0.05) is 91.4 Å². The van der Waals surface area contributed by atoms with Crippen LogP contribution in [0.15, 0.2) is 0 Å². The predicted molar refractivity (Wildman–Crippen MR) is 105 cm³/mol. The fourth-order valence-corrected chi connectivity index (χ4v) is 4.88. The third-order valence-corrected chi connectivity index (χ3v) is 6.19. The normalized spacial score (nSPS) is 23.5. The summed E-state index contributed by atoms with van der Waals surface area (Å²) in [6.45, 7) is 6.56. The highest BCUT2D eigenvalue weighted by atomic mass is 14.8. The second-order valence-electron chi connectivity index (χ2n) is 8.30. The second kappa shape index (κ2) is 12.3. The van der Waals surface area contributed by atoms with E-state index in [0.29, 0.717) is 0 Å². The molecule has 0 aliphatic heterocycles. The fraction of sp³-hybridized carbons (Fsp3) is 1.00. The molecule has 0 radical (unpaired) electrons. The van der Waals surface area contributed by atoms with Gasteiger partial charge in [-0.25, -0.2) is 0 Å². The van der Waals surface area contributed by atoms with Crippen molar-refractivity contribution < 1.29 is 0 Å². The first-order chi connectivity index (χ1) is 11.2. The number of nitrogens with two attached hydrogens (primary N) is 1. The minimum absolute atomic E-state index is 0.180. The van der Waals surface area contributed by atoms with E-state index in [0.717, 1.165) is 11.8 Å². The summed E-state index contributed by atoms with van der Waals surface area (Å²) >= 11 is 0. The molecule has 2 rings (SSSR count). The summed E-state index contributed by atoms with van der Waals surface area (Å²) in [4.78, 5) is 0. The molecule has 0 saturated heterocycles. The average molecular weight is 324 g/mol. The fourth-order valence-electron chi connectivity index (χ4n) is 4.88. The molecule has 23 heavy (non-hydrogen) atoms. The third kappa shape index (κ3) is 7.16. The summed E-state index contributed by atoms with van der Waals surface area (Å²) in [6, 6.07) is 0. The molecule has 2 aliphatic rings. The van der Waals surface area contributed by atoms with Crippen molar-refractivity contribution in [2.75, 3.05) is 0 Å². The predicted octanol–water partition coefficient (Wildman–Crippen LogP) is 7.23. The molecule has 0 aromatic carbocycles. The highest BCUT2D eigenvalue weighted by Crippen LogP contribution is 2.43. The van der Waals surface area contributed by atoms with Gasteiger partial charge < -0.3 is 5.73 Å². The Morgan fingerprint density at radius 2 is 1.09 bits per heavy atom. The van der Waals surface area contributed by atoms with E-state index in [-0.39, 0.29) is 5.54 Å². The summed E-state index contributed by atoms with van der Waals surface area (Å²) in [6.07, 6.45) is 22.4. The van der Waals surface area contributed by atoms with Crippen LogP contribution in [-0.2, 0) is 0 Å². The molecule has 2 saturated carbocycles. The minimum atomic E-state index is 0.180. The second-order valence-corrected chi connectivity index (χ2v) is 8.30. The summed E-state index contributed by atoms with van der Waals surface area (Å²) in [7, 11) is 0. The van der Waals surface area contributed by atoms with Gasteiger partial charge >= 0.3 is 0 Å². The summed E-state index contributed by atoms with van der Waals surface area (Å²) in [5.41, 5.74) is 7.34. The number of hydrogen-bond donors (Lipinski definition) is 1. The molecule has 0 heterocycles. The van der Waals surface area contributed by atoms with Gasteiger partial charge in [0.2, 0.25) is 0 Å². The Labute approximate surface area is 147 Å². The molecule has 0 aromatic heterocycles. The van der Waals surface area contributed by atoms with Crippen molar-refractivity contribution in [3.63, 3.8) is 0 Å². The monoisotopic (exact) mass is 323 g/mol. The lowest BCUT2D eigenvalue weighted by Gasteiger charge is -2.46. The van der Waals surface area contributed by atoms with Crippen LogP contribution >= 0.6 is 0 Å². The Kier molecular flexibility index (Phi) is 11.3. The standard InChI is InChI=1S/C19H37N.C3H8/c1-2-3-11-16-19(20,18-14-9-6-10-15-18)17-12-7-4-5-8-13-17;1-3-2/h17-18H,2-16,20H2,1H3;3H2,1-2H3. The molecule has 0 bridgehead atoms. The van der Waals surface area contributed by atoms with Gasteiger partial charge in [0, 0.05) is 5.54 Å². The molecule has 1 heteroatoms. The molecule has 0 spiro atoms. The quantitative estimate of drug-likeness (QED) is 0.405. The van der Waals surface area contributed by atoms with E-state index < -0.39 is 0 Å². The zero-order valence-corrected chi connectivity index (χ0v) is 16.5. The molecule has 2 fully saturated rings. The Morgan fingerprint density at radius 1 is 0.696 bits per heavy atom. The van der Waals surface area contributed by atoms with Crippen molar-refractivity contribution in [1.82, 2.24) is 0 Å². The van der Waals surface area contributed by atoms with Gasteiger partial charge in [0.05, 0.1) is 0 Å². The van der Waals surface area contributed by atoms with Gasteiger partial charge in [-0.2, -0.15) is 0 Å². The van der Waals surface area contributed by atoms with E-state index in [1.807, 2.05) is 0 Å². The Bertz CT molecular complexity index is 261. The number of unbranched alkanes of at least 4 members (excludes halogenated alkanes) is 2. The molecule has 138 valence electrons. The zero-order chi connectivity index (χ0) is 17.0. The summed E-state index contributed by atoms with van der Waals surface area (Å²) in [5, 5.41) is 0. The van der Waals surface area contributed by atoms with Gasteiger partial charge in [-0.05, 0) is 43.9 Å². The SMILES string of the molecule is CCC.CCCCCC(N)(C1CCCCCC1)C1CCCCC1. The molecular formula is C22H45N. The van der Waals surface area contributed by atoms with Crippen molar-refractivity contribution in [2.45, 2.75) is 129 Å². The Morgan fingerprint density at radius 3 is 1.48 bits per heavy atom. The highest BCUT2D eigenvalue weighted by molar-refractivity contribution is 4.98. The lowest BCUT2D eigenvalue weighted by Crippen LogP contribution is -2.54. The zero-order valence-electron chi connectivity index (χ0n) is 16.5. The van der Waals surface area contributed by atoms with Crippen LogP contribution in [0.4, 0.5) is 0 Å².